The van der Waals surface area contributed by atoms with Gasteiger partial charge in [0.2, 0.25) is 0 Å². The predicted octanol–water partition coefficient (Wildman–Crippen LogP) is 2.26. The number of benzene rings is 1. The van der Waals surface area contributed by atoms with E-state index in [1.807, 2.05) is 13.1 Å². The van der Waals surface area contributed by atoms with Gasteiger partial charge in [-0.15, -0.1) is 0 Å². The molecule has 4 atom stereocenters. The van der Waals surface area contributed by atoms with Crippen molar-refractivity contribution in [2.24, 2.45) is 5.92 Å². The maximum absolute atomic E-state index is 12.4. The quantitative estimate of drug-likeness (QED) is 0.800. The summed E-state index contributed by atoms with van der Waals surface area (Å²) < 4.78 is 10.8. The van der Waals surface area contributed by atoms with E-state index < -0.39 is 12.0 Å². The van der Waals surface area contributed by atoms with Crippen molar-refractivity contribution in [1.29, 1.82) is 0 Å². The van der Waals surface area contributed by atoms with Crippen LogP contribution in [0.4, 0.5) is 0 Å². The fraction of sp³-hybridized carbons (Fsp3) is 0.556. The summed E-state index contributed by atoms with van der Waals surface area (Å²) in [5.41, 5.74) is 0.185. The van der Waals surface area contributed by atoms with Crippen molar-refractivity contribution in [3.63, 3.8) is 0 Å². The molecule has 0 spiro atoms. The Morgan fingerprint density at radius 2 is 1.96 bits per heavy atom. The molecule has 5 heteroatoms. The van der Waals surface area contributed by atoms with Crippen LogP contribution in [-0.2, 0) is 14.3 Å². The molecule has 0 N–H and O–H groups in total. The van der Waals surface area contributed by atoms with Gasteiger partial charge in [-0.3, -0.25) is 9.69 Å². The van der Waals surface area contributed by atoms with Crippen molar-refractivity contribution in [3.05, 3.63) is 35.9 Å². The number of hydrogen-bond donors (Lipinski definition) is 0. The van der Waals surface area contributed by atoms with Gasteiger partial charge in [0, 0.05) is 18.0 Å². The zero-order valence-electron chi connectivity index (χ0n) is 13.8. The zero-order valence-corrected chi connectivity index (χ0v) is 13.8. The van der Waals surface area contributed by atoms with Gasteiger partial charge in [0.25, 0.3) is 0 Å². The highest BCUT2D eigenvalue weighted by molar-refractivity contribution is 5.89. The van der Waals surface area contributed by atoms with Crippen LogP contribution in [0.15, 0.2) is 30.3 Å². The Labute approximate surface area is 136 Å². The summed E-state index contributed by atoms with van der Waals surface area (Å²) in [6.45, 7) is 2.07. The van der Waals surface area contributed by atoms with Crippen LogP contribution >= 0.6 is 0 Å². The molecule has 2 saturated heterocycles. The third kappa shape index (κ3) is 2.63. The van der Waals surface area contributed by atoms with Gasteiger partial charge in [-0.1, -0.05) is 18.2 Å². The average Bonchev–Trinajstić information content (AvgIpc) is 2.75. The number of ether oxygens (including phenoxy) is 2. The van der Waals surface area contributed by atoms with Gasteiger partial charge in [-0.25, -0.2) is 4.79 Å². The predicted molar refractivity (Wildman–Crippen MR) is 85.0 cm³/mol. The van der Waals surface area contributed by atoms with E-state index in [1.54, 1.807) is 24.3 Å². The summed E-state index contributed by atoms with van der Waals surface area (Å²) in [5.74, 6) is -1.13. The lowest BCUT2D eigenvalue weighted by molar-refractivity contribution is -0.162. The number of carbonyl (C=O) groups excluding carboxylic acids is 2. The molecule has 0 radical (unpaired) electrons. The fourth-order valence-electron chi connectivity index (χ4n) is 4.13. The number of methoxy groups -OCH3 is 1. The van der Waals surface area contributed by atoms with Crippen molar-refractivity contribution >= 4 is 11.9 Å². The van der Waals surface area contributed by atoms with Crippen LogP contribution in [0.1, 0.15) is 36.5 Å². The molecule has 1 aromatic rings. The summed E-state index contributed by atoms with van der Waals surface area (Å²) in [6.07, 6.45) is 2.15. The van der Waals surface area contributed by atoms with Crippen molar-refractivity contribution in [3.8, 4) is 0 Å². The molecule has 2 heterocycles. The lowest BCUT2D eigenvalue weighted by Crippen LogP contribution is -2.60. The highest BCUT2D eigenvalue weighted by Crippen LogP contribution is 2.47. The molecule has 124 valence electrons. The molecule has 1 aromatic carbocycles. The number of esters is 2. The Hall–Kier alpha value is -1.88. The Morgan fingerprint density at radius 3 is 2.61 bits per heavy atom. The van der Waals surface area contributed by atoms with Crippen LogP contribution in [0.3, 0.4) is 0 Å². The summed E-state index contributed by atoms with van der Waals surface area (Å²) in [4.78, 5) is 27.0. The molecule has 2 fully saturated rings. The summed E-state index contributed by atoms with van der Waals surface area (Å²) in [6, 6.07) is 9.24. The van der Waals surface area contributed by atoms with E-state index in [9.17, 15) is 9.59 Å². The first kappa shape index (κ1) is 16.0. The first-order valence-corrected chi connectivity index (χ1v) is 8.04. The molecule has 3 rings (SSSR count). The van der Waals surface area contributed by atoms with Crippen LogP contribution in [0, 0.1) is 5.92 Å². The van der Waals surface area contributed by atoms with Crippen LogP contribution in [0.2, 0.25) is 0 Å². The van der Waals surface area contributed by atoms with Crippen LogP contribution in [-0.4, -0.2) is 48.7 Å². The number of rotatable bonds is 3. The highest BCUT2D eigenvalue weighted by atomic mass is 16.6. The molecule has 5 nitrogen and oxygen atoms in total. The molecule has 0 saturated carbocycles. The maximum atomic E-state index is 12.4. The third-order valence-electron chi connectivity index (χ3n) is 5.61. The largest absolute Gasteiger partial charge is 0.469 e. The first-order chi connectivity index (χ1) is 11.0. The smallest absolute Gasteiger partial charge is 0.338 e. The molecule has 2 aliphatic rings. The second-order valence-corrected chi connectivity index (χ2v) is 6.71. The molecule has 0 amide bonds. The number of carbonyl (C=O) groups is 2. The molecular weight excluding hydrogens is 294 g/mol. The molecule has 0 aromatic heterocycles. The van der Waals surface area contributed by atoms with Crippen molar-refractivity contribution in [1.82, 2.24) is 4.90 Å². The Morgan fingerprint density at radius 1 is 1.26 bits per heavy atom. The van der Waals surface area contributed by atoms with E-state index in [0.29, 0.717) is 18.0 Å². The molecule has 2 aliphatic heterocycles. The minimum Gasteiger partial charge on any atom is -0.469 e. The summed E-state index contributed by atoms with van der Waals surface area (Å²) >= 11 is 0. The lowest BCUT2D eigenvalue weighted by Gasteiger charge is -2.47. The SMILES string of the molecule is COC(=O)C1[C@@H](OC(=O)c2ccccc2)CC2CCC1(C)N2C. The van der Waals surface area contributed by atoms with Gasteiger partial charge >= 0.3 is 11.9 Å². The molecule has 2 bridgehead atoms. The van der Waals surface area contributed by atoms with Crippen LogP contribution < -0.4 is 0 Å². The lowest BCUT2D eigenvalue weighted by atomic mass is 9.77. The zero-order chi connectivity index (χ0) is 16.6. The van der Waals surface area contributed by atoms with E-state index >= 15 is 0 Å². The molecule has 0 aliphatic carbocycles. The number of fused-ring (bicyclic) bond motifs is 2. The normalized spacial score (nSPS) is 33.3. The van der Waals surface area contributed by atoms with Crippen molar-refractivity contribution in [2.75, 3.05) is 14.2 Å². The molecule has 23 heavy (non-hydrogen) atoms. The van der Waals surface area contributed by atoms with E-state index in [2.05, 4.69) is 11.8 Å². The maximum Gasteiger partial charge on any atom is 0.338 e. The number of piperidine rings is 1. The highest BCUT2D eigenvalue weighted by Gasteiger charge is 2.58. The Bertz CT molecular complexity index is 602. The van der Waals surface area contributed by atoms with E-state index in [0.717, 1.165) is 12.8 Å². The standard InChI is InChI=1S/C18H23NO4/c1-18-10-9-13(19(18)2)11-14(15(18)17(21)22-3)23-16(20)12-7-5-4-6-8-12/h4-8,13-15H,9-11H2,1-3H3/t13?,14-,15?,18?/m0/s1. The van der Waals surface area contributed by atoms with Crippen LogP contribution in [0.25, 0.3) is 0 Å². The van der Waals surface area contributed by atoms with Crippen molar-refractivity contribution < 1.29 is 19.1 Å². The third-order valence-corrected chi connectivity index (χ3v) is 5.61. The van der Waals surface area contributed by atoms with Gasteiger partial charge in [-0.05, 0) is 38.9 Å². The van der Waals surface area contributed by atoms with E-state index in [-0.39, 0.29) is 17.5 Å². The van der Waals surface area contributed by atoms with E-state index in [4.69, 9.17) is 9.47 Å². The fourth-order valence-corrected chi connectivity index (χ4v) is 4.13. The summed E-state index contributed by atoms with van der Waals surface area (Å²) in [5, 5.41) is 0. The summed E-state index contributed by atoms with van der Waals surface area (Å²) in [7, 11) is 3.44. The molecular formula is C18H23NO4. The van der Waals surface area contributed by atoms with Gasteiger partial charge in [0.05, 0.1) is 12.7 Å². The average molecular weight is 317 g/mol. The second kappa shape index (κ2) is 5.96. The van der Waals surface area contributed by atoms with Crippen LogP contribution in [0.5, 0.6) is 0 Å². The van der Waals surface area contributed by atoms with Crippen molar-refractivity contribution in [2.45, 2.75) is 43.9 Å². The number of hydrogen-bond acceptors (Lipinski definition) is 5. The van der Waals surface area contributed by atoms with Gasteiger partial charge < -0.3 is 9.47 Å². The van der Waals surface area contributed by atoms with Gasteiger partial charge in [0.15, 0.2) is 0 Å². The topological polar surface area (TPSA) is 55.8 Å². The minimum atomic E-state index is -0.455. The first-order valence-electron chi connectivity index (χ1n) is 8.04. The van der Waals surface area contributed by atoms with Gasteiger partial charge in [0.1, 0.15) is 12.0 Å². The van der Waals surface area contributed by atoms with E-state index in [1.165, 1.54) is 7.11 Å². The Balaban J connectivity index is 1.85. The monoisotopic (exact) mass is 317 g/mol. The molecule has 3 unspecified atom stereocenters. The minimum absolute atomic E-state index is 0.300. The van der Waals surface area contributed by atoms with Gasteiger partial charge in [-0.2, -0.15) is 0 Å². The Kier molecular flexibility index (Phi) is 4.15. The number of nitrogens with zero attached hydrogens (tertiary/aromatic N) is 1. The second-order valence-electron chi connectivity index (χ2n) is 6.71.